The zero-order valence-corrected chi connectivity index (χ0v) is 11.5. The summed E-state index contributed by atoms with van der Waals surface area (Å²) < 4.78 is 1.99. The second-order valence-electron chi connectivity index (χ2n) is 4.29. The fraction of sp³-hybridized carbons (Fsp3) is 0.308. The van der Waals surface area contributed by atoms with Gasteiger partial charge in [0.25, 0.3) is 0 Å². The molecule has 5 heteroatoms. The van der Waals surface area contributed by atoms with E-state index < -0.39 is 0 Å². The molecule has 0 spiro atoms. The number of hydrogen-bond acceptors (Lipinski definition) is 2. The van der Waals surface area contributed by atoms with Crippen LogP contribution in [0.4, 0.5) is 5.82 Å². The Kier molecular flexibility index (Phi) is 2.96. The molecule has 0 radical (unpaired) electrons. The molecule has 1 aliphatic rings. The highest BCUT2D eigenvalue weighted by Crippen LogP contribution is 2.36. The van der Waals surface area contributed by atoms with E-state index >= 15 is 0 Å². The average Bonchev–Trinajstić information content (AvgIpc) is 2.91. The van der Waals surface area contributed by atoms with Crippen LogP contribution in [0.1, 0.15) is 12.5 Å². The molecule has 18 heavy (non-hydrogen) atoms. The van der Waals surface area contributed by atoms with Crippen LogP contribution in [0.2, 0.25) is 10.0 Å². The smallest absolute Gasteiger partial charge is 0.128 e. The summed E-state index contributed by atoms with van der Waals surface area (Å²) in [6, 6.07) is 5.55. The van der Waals surface area contributed by atoms with Crippen molar-refractivity contribution in [2.75, 3.05) is 11.9 Å². The molecule has 94 valence electrons. The van der Waals surface area contributed by atoms with Gasteiger partial charge >= 0.3 is 0 Å². The summed E-state index contributed by atoms with van der Waals surface area (Å²) in [5, 5.41) is 9.31. The Balaban J connectivity index is 2.17. The summed E-state index contributed by atoms with van der Waals surface area (Å²) in [7, 11) is 0. The molecule has 0 saturated heterocycles. The van der Waals surface area contributed by atoms with E-state index in [4.69, 9.17) is 23.2 Å². The van der Waals surface area contributed by atoms with Crippen LogP contribution in [0, 0.1) is 0 Å². The molecule has 1 aromatic heterocycles. The number of fused-ring (bicyclic) bond motifs is 1. The highest BCUT2D eigenvalue weighted by molar-refractivity contribution is 6.36. The summed E-state index contributed by atoms with van der Waals surface area (Å²) in [4.78, 5) is 0. The molecular formula is C13H13Cl2N3. The lowest BCUT2D eigenvalue weighted by Crippen LogP contribution is -2.04. The number of benzene rings is 1. The van der Waals surface area contributed by atoms with E-state index in [1.807, 2.05) is 16.8 Å². The van der Waals surface area contributed by atoms with Crippen LogP contribution in [0.25, 0.3) is 11.3 Å². The van der Waals surface area contributed by atoms with E-state index in [-0.39, 0.29) is 0 Å². The summed E-state index contributed by atoms with van der Waals surface area (Å²) in [5.41, 5.74) is 3.17. The average molecular weight is 282 g/mol. The first-order chi connectivity index (χ1) is 8.70. The number of anilines is 1. The normalized spacial score (nSPS) is 13.5. The molecule has 0 amide bonds. The maximum Gasteiger partial charge on any atom is 0.128 e. The van der Waals surface area contributed by atoms with E-state index in [9.17, 15) is 0 Å². The SMILES string of the molecule is CCn1nc(-c2ccc(Cl)cc2Cl)c2c1NCC2. The van der Waals surface area contributed by atoms with E-state index in [0.717, 1.165) is 36.6 Å². The zero-order valence-electron chi connectivity index (χ0n) is 10.0. The van der Waals surface area contributed by atoms with Gasteiger partial charge in [-0.25, -0.2) is 4.68 Å². The zero-order chi connectivity index (χ0) is 12.7. The fourth-order valence-electron chi connectivity index (χ4n) is 2.37. The van der Waals surface area contributed by atoms with Crippen molar-refractivity contribution in [2.24, 2.45) is 0 Å². The van der Waals surface area contributed by atoms with Gasteiger partial charge < -0.3 is 5.32 Å². The van der Waals surface area contributed by atoms with Crippen molar-refractivity contribution in [3.05, 3.63) is 33.8 Å². The van der Waals surface area contributed by atoms with Crippen molar-refractivity contribution in [3.8, 4) is 11.3 Å². The molecule has 0 atom stereocenters. The summed E-state index contributed by atoms with van der Waals surface area (Å²) >= 11 is 12.2. The predicted molar refractivity (Wildman–Crippen MR) is 75.6 cm³/mol. The van der Waals surface area contributed by atoms with Gasteiger partial charge in [-0.3, -0.25) is 0 Å². The number of aryl methyl sites for hydroxylation is 1. The third kappa shape index (κ3) is 1.78. The molecule has 2 aromatic rings. The maximum atomic E-state index is 6.26. The van der Waals surface area contributed by atoms with E-state index in [0.29, 0.717) is 10.0 Å². The second kappa shape index (κ2) is 4.48. The summed E-state index contributed by atoms with van der Waals surface area (Å²) in [6.45, 7) is 3.90. The van der Waals surface area contributed by atoms with Gasteiger partial charge in [-0.05, 0) is 31.5 Å². The molecule has 1 N–H and O–H groups in total. The van der Waals surface area contributed by atoms with E-state index in [2.05, 4.69) is 17.3 Å². The van der Waals surface area contributed by atoms with Crippen molar-refractivity contribution in [2.45, 2.75) is 19.9 Å². The largest absolute Gasteiger partial charge is 0.370 e. The van der Waals surface area contributed by atoms with Crippen LogP contribution in [-0.2, 0) is 13.0 Å². The van der Waals surface area contributed by atoms with Crippen molar-refractivity contribution < 1.29 is 0 Å². The van der Waals surface area contributed by atoms with Gasteiger partial charge in [0.2, 0.25) is 0 Å². The number of halogens is 2. The monoisotopic (exact) mass is 281 g/mol. The van der Waals surface area contributed by atoms with Gasteiger partial charge in [0, 0.05) is 29.2 Å². The minimum atomic E-state index is 0.647. The number of rotatable bonds is 2. The van der Waals surface area contributed by atoms with Gasteiger partial charge in [0.15, 0.2) is 0 Å². The lowest BCUT2D eigenvalue weighted by Gasteiger charge is -2.03. The van der Waals surface area contributed by atoms with Crippen molar-refractivity contribution >= 4 is 29.0 Å². The molecule has 0 unspecified atom stereocenters. The topological polar surface area (TPSA) is 29.9 Å². The molecule has 1 aromatic carbocycles. The molecule has 3 nitrogen and oxygen atoms in total. The van der Waals surface area contributed by atoms with Gasteiger partial charge in [-0.2, -0.15) is 5.10 Å². The number of aromatic nitrogens is 2. The van der Waals surface area contributed by atoms with E-state index in [1.54, 1.807) is 6.07 Å². The quantitative estimate of drug-likeness (QED) is 0.906. The molecular weight excluding hydrogens is 269 g/mol. The van der Waals surface area contributed by atoms with Crippen LogP contribution in [0.15, 0.2) is 18.2 Å². The van der Waals surface area contributed by atoms with Crippen LogP contribution >= 0.6 is 23.2 Å². The summed E-state index contributed by atoms with van der Waals surface area (Å²) in [6.07, 6.45) is 0.990. The Morgan fingerprint density at radius 1 is 1.39 bits per heavy atom. The molecule has 2 heterocycles. The lowest BCUT2D eigenvalue weighted by molar-refractivity contribution is 0.668. The first-order valence-electron chi connectivity index (χ1n) is 5.99. The van der Waals surface area contributed by atoms with Gasteiger partial charge in [-0.1, -0.05) is 23.2 Å². The number of hydrogen-bond donors (Lipinski definition) is 1. The molecule has 1 aliphatic heterocycles. The molecule has 0 fully saturated rings. The molecule has 0 aliphatic carbocycles. The Labute approximate surface area is 116 Å². The minimum Gasteiger partial charge on any atom is -0.370 e. The molecule has 3 rings (SSSR count). The van der Waals surface area contributed by atoms with Gasteiger partial charge in [0.1, 0.15) is 5.82 Å². The standard InChI is InChI=1S/C13H13Cl2N3/c1-2-18-13-10(5-6-16-13)12(17-18)9-4-3-8(14)7-11(9)15/h3-4,7,16H,2,5-6H2,1H3. The molecule has 0 saturated carbocycles. The molecule has 0 bridgehead atoms. The highest BCUT2D eigenvalue weighted by Gasteiger charge is 2.23. The highest BCUT2D eigenvalue weighted by atomic mass is 35.5. The lowest BCUT2D eigenvalue weighted by atomic mass is 10.1. The second-order valence-corrected chi connectivity index (χ2v) is 5.14. The van der Waals surface area contributed by atoms with Gasteiger partial charge in [-0.15, -0.1) is 0 Å². The Morgan fingerprint density at radius 3 is 2.94 bits per heavy atom. The van der Waals surface area contributed by atoms with Crippen molar-refractivity contribution in [1.29, 1.82) is 0 Å². The van der Waals surface area contributed by atoms with Crippen molar-refractivity contribution in [1.82, 2.24) is 9.78 Å². The minimum absolute atomic E-state index is 0.647. The van der Waals surface area contributed by atoms with E-state index in [1.165, 1.54) is 5.56 Å². The predicted octanol–water partition coefficient (Wildman–Crippen LogP) is 3.84. The van der Waals surface area contributed by atoms with Crippen LogP contribution < -0.4 is 5.32 Å². The van der Waals surface area contributed by atoms with Crippen LogP contribution in [-0.4, -0.2) is 16.3 Å². The first kappa shape index (κ1) is 11.9. The van der Waals surface area contributed by atoms with Crippen LogP contribution in [0.3, 0.4) is 0 Å². The number of nitrogens with zero attached hydrogens (tertiary/aromatic N) is 2. The Bertz CT molecular complexity index is 605. The maximum absolute atomic E-state index is 6.26. The number of nitrogens with one attached hydrogen (secondary N) is 1. The third-order valence-corrected chi connectivity index (χ3v) is 3.75. The third-order valence-electron chi connectivity index (χ3n) is 3.20. The Morgan fingerprint density at radius 2 is 2.22 bits per heavy atom. The van der Waals surface area contributed by atoms with Crippen molar-refractivity contribution in [3.63, 3.8) is 0 Å². The Hall–Kier alpha value is -1.19. The summed E-state index contributed by atoms with van der Waals surface area (Å²) in [5.74, 6) is 1.12. The fourth-order valence-corrected chi connectivity index (χ4v) is 2.86. The van der Waals surface area contributed by atoms with Crippen LogP contribution in [0.5, 0.6) is 0 Å². The first-order valence-corrected chi connectivity index (χ1v) is 6.75. The van der Waals surface area contributed by atoms with Gasteiger partial charge in [0.05, 0.1) is 10.7 Å².